The van der Waals surface area contributed by atoms with Gasteiger partial charge in [0.05, 0.1) is 12.0 Å². The van der Waals surface area contributed by atoms with E-state index >= 15 is 0 Å². The molecule has 29 heavy (non-hydrogen) atoms. The van der Waals surface area contributed by atoms with Gasteiger partial charge in [0.25, 0.3) is 11.6 Å². The van der Waals surface area contributed by atoms with E-state index in [0.29, 0.717) is 22.8 Å². The number of amides is 1. The van der Waals surface area contributed by atoms with Crippen molar-refractivity contribution in [1.29, 1.82) is 5.26 Å². The maximum Gasteiger partial charge on any atom is 0.269 e. The number of aromatic nitrogens is 1. The number of nitrogens with one attached hydrogen (secondary N) is 1. The minimum absolute atomic E-state index is 0.0189. The summed E-state index contributed by atoms with van der Waals surface area (Å²) in [4.78, 5) is 22.8. The van der Waals surface area contributed by atoms with Gasteiger partial charge in [-0.25, -0.2) is 0 Å². The molecular weight excluding hydrogens is 372 g/mol. The van der Waals surface area contributed by atoms with Crippen molar-refractivity contribution in [2.75, 3.05) is 12.4 Å². The number of methoxy groups -OCH3 is 1. The van der Waals surface area contributed by atoms with Crippen LogP contribution in [-0.2, 0) is 4.79 Å². The van der Waals surface area contributed by atoms with E-state index in [9.17, 15) is 20.2 Å². The second-order valence-electron chi connectivity index (χ2n) is 5.93. The number of nitriles is 1. The zero-order valence-electron chi connectivity index (χ0n) is 15.4. The molecule has 0 bridgehead atoms. The van der Waals surface area contributed by atoms with E-state index in [-0.39, 0.29) is 11.3 Å². The molecule has 144 valence electrons. The first-order chi connectivity index (χ1) is 14.0. The summed E-state index contributed by atoms with van der Waals surface area (Å²) in [6.45, 7) is 0. The second kappa shape index (κ2) is 8.54. The van der Waals surface area contributed by atoms with Crippen LogP contribution < -0.4 is 10.1 Å². The molecular formula is C21H16N4O4. The summed E-state index contributed by atoms with van der Waals surface area (Å²) < 4.78 is 6.80. The van der Waals surface area contributed by atoms with Crippen molar-refractivity contribution < 1.29 is 14.5 Å². The van der Waals surface area contributed by atoms with Crippen molar-refractivity contribution in [3.05, 3.63) is 88.2 Å². The summed E-state index contributed by atoms with van der Waals surface area (Å²) in [7, 11) is 1.55. The molecule has 1 amide bonds. The number of nitro benzene ring substituents is 1. The lowest BCUT2D eigenvalue weighted by Crippen LogP contribution is -2.13. The smallest absolute Gasteiger partial charge is 0.269 e. The van der Waals surface area contributed by atoms with E-state index in [0.717, 1.165) is 0 Å². The molecule has 0 saturated heterocycles. The Morgan fingerprint density at radius 1 is 1.17 bits per heavy atom. The fraction of sp³-hybridized carbons (Fsp3) is 0.0476. The van der Waals surface area contributed by atoms with Crippen molar-refractivity contribution in [3.63, 3.8) is 0 Å². The maximum atomic E-state index is 12.5. The number of non-ortho nitro benzene ring substituents is 1. The number of hydrogen-bond acceptors (Lipinski definition) is 5. The van der Waals surface area contributed by atoms with Gasteiger partial charge >= 0.3 is 0 Å². The normalized spacial score (nSPS) is 10.8. The first kappa shape index (κ1) is 19.4. The molecule has 3 rings (SSSR count). The van der Waals surface area contributed by atoms with Gasteiger partial charge in [-0.3, -0.25) is 14.9 Å². The van der Waals surface area contributed by atoms with Gasteiger partial charge in [0, 0.05) is 35.4 Å². The molecule has 0 fully saturated rings. The molecule has 0 aliphatic heterocycles. The van der Waals surface area contributed by atoms with Gasteiger partial charge in [-0.05, 0) is 54.6 Å². The average molecular weight is 388 g/mol. The van der Waals surface area contributed by atoms with Gasteiger partial charge in [0.1, 0.15) is 17.4 Å². The van der Waals surface area contributed by atoms with Crippen LogP contribution in [0.4, 0.5) is 11.4 Å². The van der Waals surface area contributed by atoms with Crippen LogP contribution in [0, 0.1) is 21.4 Å². The quantitative estimate of drug-likeness (QED) is 0.298. The monoisotopic (exact) mass is 388 g/mol. The maximum absolute atomic E-state index is 12.5. The SMILES string of the molecule is COc1ccc(NC(=O)/C(C#N)=C/c2cccn2-c2ccc([N+](=O)[O-])cc2)cc1. The van der Waals surface area contributed by atoms with Gasteiger partial charge in [-0.2, -0.15) is 5.26 Å². The number of nitro groups is 1. The summed E-state index contributed by atoms with van der Waals surface area (Å²) >= 11 is 0. The molecule has 3 aromatic rings. The molecule has 1 aromatic heterocycles. The highest BCUT2D eigenvalue weighted by molar-refractivity contribution is 6.09. The van der Waals surface area contributed by atoms with Crippen LogP contribution in [0.3, 0.4) is 0 Å². The minimum Gasteiger partial charge on any atom is -0.497 e. The molecule has 1 heterocycles. The lowest BCUT2D eigenvalue weighted by atomic mass is 10.2. The highest BCUT2D eigenvalue weighted by Crippen LogP contribution is 2.20. The Morgan fingerprint density at radius 2 is 1.86 bits per heavy atom. The Hall–Kier alpha value is -4.38. The first-order valence-corrected chi connectivity index (χ1v) is 8.51. The number of carbonyl (C=O) groups is 1. The predicted molar refractivity (Wildman–Crippen MR) is 108 cm³/mol. The molecule has 0 unspecified atom stereocenters. The van der Waals surface area contributed by atoms with Crippen LogP contribution in [0.5, 0.6) is 5.75 Å². The molecule has 1 N–H and O–H groups in total. The molecule has 0 aliphatic carbocycles. The summed E-state index contributed by atoms with van der Waals surface area (Å²) in [5, 5.41) is 22.9. The number of hydrogen-bond donors (Lipinski definition) is 1. The first-order valence-electron chi connectivity index (χ1n) is 8.51. The minimum atomic E-state index is -0.547. The third kappa shape index (κ3) is 4.48. The zero-order chi connectivity index (χ0) is 20.8. The van der Waals surface area contributed by atoms with Gasteiger partial charge in [0.2, 0.25) is 0 Å². The molecule has 0 spiro atoms. The number of ether oxygens (including phenoxy) is 1. The van der Waals surface area contributed by atoms with Crippen molar-refractivity contribution in [1.82, 2.24) is 4.57 Å². The van der Waals surface area contributed by atoms with Crippen LogP contribution in [0.15, 0.2) is 72.4 Å². The molecule has 0 aliphatic rings. The number of carbonyl (C=O) groups excluding carboxylic acids is 1. The molecule has 8 nitrogen and oxygen atoms in total. The summed E-state index contributed by atoms with van der Waals surface area (Å²) in [6.07, 6.45) is 3.20. The Bertz CT molecular complexity index is 1110. The Morgan fingerprint density at radius 3 is 2.45 bits per heavy atom. The summed E-state index contributed by atoms with van der Waals surface area (Å²) in [5.41, 5.74) is 1.68. The number of anilines is 1. The Kier molecular flexibility index (Phi) is 5.71. The third-order valence-corrected chi connectivity index (χ3v) is 4.12. The lowest BCUT2D eigenvalue weighted by Gasteiger charge is -2.08. The van der Waals surface area contributed by atoms with E-state index in [1.165, 1.54) is 18.2 Å². The van der Waals surface area contributed by atoms with Crippen molar-refractivity contribution >= 4 is 23.4 Å². The van der Waals surface area contributed by atoms with E-state index in [1.807, 2.05) is 6.07 Å². The largest absolute Gasteiger partial charge is 0.497 e. The van der Waals surface area contributed by atoms with E-state index < -0.39 is 10.8 Å². The molecule has 2 aromatic carbocycles. The molecule has 0 saturated carbocycles. The Balaban J connectivity index is 1.84. The number of rotatable bonds is 6. The summed E-state index contributed by atoms with van der Waals surface area (Å²) in [6, 6.07) is 18.1. The average Bonchev–Trinajstić information content (AvgIpc) is 3.20. The van der Waals surface area contributed by atoms with Crippen molar-refractivity contribution in [2.24, 2.45) is 0 Å². The summed E-state index contributed by atoms with van der Waals surface area (Å²) in [5.74, 6) is 0.106. The lowest BCUT2D eigenvalue weighted by molar-refractivity contribution is -0.384. The fourth-order valence-electron chi connectivity index (χ4n) is 2.65. The van der Waals surface area contributed by atoms with Gasteiger partial charge in [-0.15, -0.1) is 0 Å². The highest BCUT2D eigenvalue weighted by atomic mass is 16.6. The van der Waals surface area contributed by atoms with Crippen molar-refractivity contribution in [3.8, 4) is 17.5 Å². The predicted octanol–water partition coefficient (Wildman–Crippen LogP) is 3.94. The Labute approximate surface area is 166 Å². The molecule has 0 atom stereocenters. The second-order valence-corrected chi connectivity index (χ2v) is 5.93. The van der Waals surface area contributed by atoms with Crippen LogP contribution in [0.2, 0.25) is 0 Å². The topological polar surface area (TPSA) is 110 Å². The number of benzene rings is 2. The van der Waals surface area contributed by atoms with Crippen molar-refractivity contribution in [2.45, 2.75) is 0 Å². The van der Waals surface area contributed by atoms with Crippen LogP contribution in [0.25, 0.3) is 11.8 Å². The van der Waals surface area contributed by atoms with Crippen LogP contribution >= 0.6 is 0 Å². The highest BCUT2D eigenvalue weighted by Gasteiger charge is 2.12. The van der Waals surface area contributed by atoms with Gasteiger partial charge < -0.3 is 14.6 Å². The molecule has 0 radical (unpaired) electrons. The zero-order valence-corrected chi connectivity index (χ0v) is 15.4. The van der Waals surface area contributed by atoms with E-state index in [1.54, 1.807) is 66.4 Å². The third-order valence-electron chi connectivity index (χ3n) is 4.12. The van der Waals surface area contributed by atoms with E-state index in [4.69, 9.17) is 4.74 Å². The van der Waals surface area contributed by atoms with Crippen LogP contribution in [0.1, 0.15) is 5.69 Å². The number of nitrogens with zero attached hydrogens (tertiary/aromatic N) is 3. The fourth-order valence-corrected chi connectivity index (χ4v) is 2.65. The molecule has 8 heteroatoms. The van der Waals surface area contributed by atoms with Crippen LogP contribution in [-0.4, -0.2) is 22.5 Å². The standard InChI is InChI=1S/C21H16N4O4/c1-29-20-10-4-16(5-11-20)23-21(26)15(14-22)13-19-3-2-12-24(19)17-6-8-18(9-7-17)25(27)28/h2-13H,1H3,(H,23,26)/b15-13+. The van der Waals surface area contributed by atoms with E-state index in [2.05, 4.69) is 5.32 Å². The van der Waals surface area contributed by atoms with Gasteiger partial charge in [-0.1, -0.05) is 0 Å². The van der Waals surface area contributed by atoms with Gasteiger partial charge in [0.15, 0.2) is 0 Å².